The first-order valence-electron chi connectivity index (χ1n) is 6.25. The molecule has 0 radical (unpaired) electrons. The van der Waals surface area contributed by atoms with Crippen molar-refractivity contribution in [3.8, 4) is 0 Å². The zero-order valence-electron chi connectivity index (χ0n) is 10.8. The van der Waals surface area contributed by atoms with Gasteiger partial charge in [0.1, 0.15) is 6.04 Å². The standard InChI is InChI=1S/C13H18N4O2/c1-9(12(18)16-13(14)19)17-7-6-15-8-10-4-2-3-5-11(10)17/h2-5,9,15H,6-8H2,1H3,(H3,14,16,18,19). The van der Waals surface area contributed by atoms with Crippen molar-refractivity contribution in [3.05, 3.63) is 29.8 Å². The van der Waals surface area contributed by atoms with E-state index in [1.807, 2.05) is 29.2 Å². The summed E-state index contributed by atoms with van der Waals surface area (Å²) in [5.41, 5.74) is 7.14. The summed E-state index contributed by atoms with van der Waals surface area (Å²) in [5.74, 6) is -0.385. The van der Waals surface area contributed by atoms with E-state index in [9.17, 15) is 9.59 Å². The van der Waals surface area contributed by atoms with E-state index in [1.54, 1.807) is 6.92 Å². The molecule has 0 aromatic heterocycles. The number of para-hydroxylation sites is 1. The van der Waals surface area contributed by atoms with Crippen molar-refractivity contribution in [1.82, 2.24) is 10.6 Å². The normalized spacial score (nSPS) is 16.2. The van der Waals surface area contributed by atoms with E-state index in [4.69, 9.17) is 5.73 Å². The monoisotopic (exact) mass is 262 g/mol. The maximum absolute atomic E-state index is 11.9. The number of hydrogen-bond acceptors (Lipinski definition) is 4. The number of amides is 3. The van der Waals surface area contributed by atoms with E-state index in [1.165, 1.54) is 0 Å². The lowest BCUT2D eigenvalue weighted by molar-refractivity contribution is -0.120. The third-order valence-electron chi connectivity index (χ3n) is 3.24. The van der Waals surface area contributed by atoms with Gasteiger partial charge >= 0.3 is 6.03 Å². The Hall–Kier alpha value is -2.08. The van der Waals surface area contributed by atoms with Gasteiger partial charge in [-0.3, -0.25) is 10.1 Å². The molecule has 1 heterocycles. The third-order valence-corrected chi connectivity index (χ3v) is 3.24. The number of nitrogens with two attached hydrogens (primary N) is 1. The van der Waals surface area contributed by atoms with Crippen LogP contribution in [0, 0.1) is 0 Å². The second-order valence-electron chi connectivity index (χ2n) is 4.53. The maximum atomic E-state index is 11.9. The molecule has 1 atom stereocenters. The lowest BCUT2D eigenvalue weighted by Crippen LogP contribution is -2.49. The molecule has 6 heteroatoms. The van der Waals surface area contributed by atoms with E-state index >= 15 is 0 Å². The molecule has 1 aromatic rings. The number of benzene rings is 1. The van der Waals surface area contributed by atoms with Gasteiger partial charge in [0.2, 0.25) is 5.91 Å². The molecule has 1 aliphatic rings. The topological polar surface area (TPSA) is 87.5 Å². The van der Waals surface area contributed by atoms with Crippen molar-refractivity contribution in [3.63, 3.8) is 0 Å². The highest BCUT2D eigenvalue weighted by Crippen LogP contribution is 2.23. The summed E-state index contributed by atoms with van der Waals surface area (Å²) in [6.45, 7) is 4.02. The number of nitrogens with one attached hydrogen (secondary N) is 2. The molecule has 0 saturated heterocycles. The smallest absolute Gasteiger partial charge is 0.318 e. The highest BCUT2D eigenvalue weighted by Gasteiger charge is 2.25. The minimum Gasteiger partial charge on any atom is -0.358 e. The second-order valence-corrected chi connectivity index (χ2v) is 4.53. The number of carbonyl (C=O) groups is 2. The number of nitrogens with zero attached hydrogens (tertiary/aromatic N) is 1. The molecular formula is C13H18N4O2. The Kier molecular flexibility index (Phi) is 4.01. The SMILES string of the molecule is CC(C(=O)NC(N)=O)N1CCNCc2ccccc21. The van der Waals surface area contributed by atoms with Gasteiger partial charge in [-0.05, 0) is 18.6 Å². The highest BCUT2D eigenvalue weighted by molar-refractivity contribution is 5.97. The minimum absolute atomic E-state index is 0.385. The predicted octanol–water partition coefficient (Wildman–Crippen LogP) is 0.180. The van der Waals surface area contributed by atoms with Crippen LogP contribution in [0.5, 0.6) is 0 Å². The number of anilines is 1. The zero-order chi connectivity index (χ0) is 13.8. The summed E-state index contributed by atoms with van der Waals surface area (Å²) in [5, 5.41) is 5.43. The second kappa shape index (κ2) is 5.71. The molecule has 1 aliphatic heterocycles. The molecule has 4 N–H and O–H groups in total. The Morgan fingerprint density at radius 1 is 1.42 bits per heavy atom. The molecule has 0 bridgehead atoms. The van der Waals surface area contributed by atoms with Gasteiger partial charge in [-0.25, -0.2) is 4.79 Å². The van der Waals surface area contributed by atoms with Crippen molar-refractivity contribution < 1.29 is 9.59 Å². The van der Waals surface area contributed by atoms with Gasteiger partial charge in [0.15, 0.2) is 0 Å². The minimum atomic E-state index is -0.821. The fourth-order valence-electron chi connectivity index (χ4n) is 2.25. The summed E-state index contributed by atoms with van der Waals surface area (Å²) < 4.78 is 0. The van der Waals surface area contributed by atoms with Gasteiger partial charge in [0.05, 0.1) is 0 Å². The number of carbonyl (C=O) groups excluding carboxylic acids is 2. The quantitative estimate of drug-likeness (QED) is 0.709. The summed E-state index contributed by atoms with van der Waals surface area (Å²) in [7, 11) is 0. The van der Waals surface area contributed by atoms with Crippen LogP contribution in [0.2, 0.25) is 0 Å². The number of primary amides is 1. The van der Waals surface area contributed by atoms with Crippen LogP contribution in [0.1, 0.15) is 12.5 Å². The van der Waals surface area contributed by atoms with Gasteiger partial charge in [-0.1, -0.05) is 18.2 Å². The van der Waals surface area contributed by atoms with Crippen LogP contribution >= 0.6 is 0 Å². The summed E-state index contributed by atoms with van der Waals surface area (Å²) in [6.07, 6.45) is 0. The fourth-order valence-corrected chi connectivity index (χ4v) is 2.25. The van der Waals surface area contributed by atoms with Crippen molar-refractivity contribution in [1.29, 1.82) is 0 Å². The molecule has 102 valence electrons. The molecule has 0 saturated carbocycles. The Morgan fingerprint density at radius 3 is 2.89 bits per heavy atom. The van der Waals surface area contributed by atoms with Crippen molar-refractivity contribution >= 4 is 17.6 Å². The van der Waals surface area contributed by atoms with Crippen LogP contribution in [0.3, 0.4) is 0 Å². The molecule has 0 aliphatic carbocycles. The average Bonchev–Trinajstić information content (AvgIpc) is 2.59. The van der Waals surface area contributed by atoms with E-state index < -0.39 is 12.1 Å². The molecule has 0 spiro atoms. The van der Waals surface area contributed by atoms with Crippen LogP contribution in [-0.4, -0.2) is 31.1 Å². The van der Waals surface area contributed by atoms with Crippen LogP contribution in [0.25, 0.3) is 0 Å². The molecular weight excluding hydrogens is 244 g/mol. The molecule has 0 fully saturated rings. The molecule has 6 nitrogen and oxygen atoms in total. The predicted molar refractivity (Wildman–Crippen MR) is 72.7 cm³/mol. The van der Waals surface area contributed by atoms with Crippen molar-refractivity contribution in [2.75, 3.05) is 18.0 Å². The first-order valence-corrected chi connectivity index (χ1v) is 6.25. The summed E-state index contributed by atoms with van der Waals surface area (Å²) in [4.78, 5) is 24.7. The van der Waals surface area contributed by atoms with Gasteiger partial charge in [-0.2, -0.15) is 0 Å². The summed E-state index contributed by atoms with van der Waals surface area (Å²) in [6, 6.07) is 6.65. The van der Waals surface area contributed by atoms with E-state index in [0.717, 1.165) is 24.3 Å². The highest BCUT2D eigenvalue weighted by atomic mass is 16.2. The van der Waals surface area contributed by atoms with Gasteiger partial charge < -0.3 is 16.0 Å². The van der Waals surface area contributed by atoms with E-state index in [2.05, 4.69) is 10.6 Å². The van der Waals surface area contributed by atoms with Crippen molar-refractivity contribution in [2.24, 2.45) is 5.73 Å². The van der Waals surface area contributed by atoms with Crippen LogP contribution in [0.15, 0.2) is 24.3 Å². The van der Waals surface area contributed by atoms with Gasteiger partial charge in [-0.15, -0.1) is 0 Å². The Morgan fingerprint density at radius 2 is 2.16 bits per heavy atom. The van der Waals surface area contributed by atoms with Crippen LogP contribution in [-0.2, 0) is 11.3 Å². The molecule has 1 unspecified atom stereocenters. The number of urea groups is 1. The third kappa shape index (κ3) is 3.03. The van der Waals surface area contributed by atoms with Gasteiger partial charge in [0.25, 0.3) is 0 Å². The number of rotatable bonds is 2. The van der Waals surface area contributed by atoms with Crippen molar-refractivity contribution in [2.45, 2.75) is 19.5 Å². The molecule has 1 aromatic carbocycles. The van der Waals surface area contributed by atoms with Crippen LogP contribution < -0.4 is 21.3 Å². The zero-order valence-corrected chi connectivity index (χ0v) is 10.8. The lowest BCUT2D eigenvalue weighted by atomic mass is 10.1. The lowest BCUT2D eigenvalue weighted by Gasteiger charge is -2.29. The first-order chi connectivity index (χ1) is 9.09. The van der Waals surface area contributed by atoms with E-state index in [0.29, 0.717) is 6.54 Å². The Bertz CT molecular complexity index is 489. The Balaban J connectivity index is 2.24. The fraction of sp³-hybridized carbons (Fsp3) is 0.385. The largest absolute Gasteiger partial charge is 0.358 e. The molecule has 19 heavy (non-hydrogen) atoms. The van der Waals surface area contributed by atoms with E-state index in [-0.39, 0.29) is 5.91 Å². The maximum Gasteiger partial charge on any atom is 0.318 e. The number of hydrogen-bond donors (Lipinski definition) is 3. The summed E-state index contributed by atoms with van der Waals surface area (Å²) >= 11 is 0. The number of imide groups is 1. The number of fused-ring (bicyclic) bond motifs is 1. The molecule has 2 rings (SSSR count). The Labute approximate surface area is 112 Å². The van der Waals surface area contributed by atoms with Crippen LogP contribution in [0.4, 0.5) is 10.5 Å². The first kappa shape index (κ1) is 13.4. The average molecular weight is 262 g/mol. The molecule has 3 amide bonds. The van der Waals surface area contributed by atoms with Gasteiger partial charge in [0, 0.05) is 25.3 Å².